The Labute approximate surface area is 212 Å². The van der Waals surface area contributed by atoms with Crippen LogP contribution in [0.1, 0.15) is 27.9 Å². The highest BCUT2D eigenvalue weighted by Gasteiger charge is 2.31. The minimum atomic E-state index is -0.149. The molecule has 4 heterocycles. The number of nitrogens with zero attached hydrogens (tertiary/aromatic N) is 8. The average Bonchev–Trinajstić information content (AvgIpc) is 3.55. The molecule has 0 radical (unpaired) electrons. The van der Waals surface area contributed by atoms with E-state index in [9.17, 15) is 9.90 Å². The Hall–Kier alpha value is -4.64. The third-order valence-corrected chi connectivity index (χ3v) is 6.45. The summed E-state index contributed by atoms with van der Waals surface area (Å²) < 4.78 is 5.82. The number of carbonyl (C=O) groups is 1. The fourth-order valence-corrected chi connectivity index (χ4v) is 4.63. The number of oxazole rings is 1. The quantitative estimate of drug-likeness (QED) is 0.391. The molecule has 3 aromatic heterocycles. The van der Waals surface area contributed by atoms with Crippen LogP contribution in [0.4, 0.5) is 0 Å². The van der Waals surface area contributed by atoms with Crippen LogP contribution in [0, 0.1) is 0 Å². The van der Waals surface area contributed by atoms with Crippen LogP contribution in [0.15, 0.2) is 71.3 Å². The second kappa shape index (κ2) is 9.43. The number of piperazine rings is 1. The second-order valence-electron chi connectivity index (χ2n) is 8.88. The van der Waals surface area contributed by atoms with E-state index in [4.69, 9.17) is 4.42 Å². The molecule has 1 aliphatic rings. The van der Waals surface area contributed by atoms with Crippen molar-refractivity contribution in [3.63, 3.8) is 0 Å². The monoisotopic (exact) mass is 496 g/mol. The maximum atomic E-state index is 13.3. The van der Waals surface area contributed by atoms with E-state index in [1.54, 1.807) is 42.4 Å². The Morgan fingerprint density at radius 3 is 2.59 bits per heavy atom. The standard InChI is InChI=1S/C26H24N8O3/c1-32-30-24(29-31-32)23(17-5-3-2-4-6-17)33-11-13-34(14-12-33)26(36)21-15-18(9-10-27-21)25-28-20-16-19(35)7-8-22(20)37-25/h2-10,15-16,23,35H,11-14H2,1H3. The number of aromatic hydroxyl groups is 1. The highest BCUT2D eigenvalue weighted by molar-refractivity contribution is 5.93. The minimum absolute atomic E-state index is 0.113. The van der Waals surface area contributed by atoms with Crippen LogP contribution in [-0.2, 0) is 7.05 Å². The van der Waals surface area contributed by atoms with Gasteiger partial charge >= 0.3 is 0 Å². The number of hydrogen-bond acceptors (Lipinski definition) is 9. The van der Waals surface area contributed by atoms with Gasteiger partial charge in [-0.3, -0.25) is 14.7 Å². The van der Waals surface area contributed by atoms with Crippen LogP contribution >= 0.6 is 0 Å². The van der Waals surface area contributed by atoms with Crippen molar-refractivity contribution in [3.05, 3.63) is 83.9 Å². The molecule has 0 aliphatic carbocycles. The first-order chi connectivity index (χ1) is 18.0. The Balaban J connectivity index is 1.19. The van der Waals surface area contributed by atoms with Crippen molar-refractivity contribution < 1.29 is 14.3 Å². The molecule has 1 saturated heterocycles. The van der Waals surface area contributed by atoms with Crippen LogP contribution in [0.2, 0.25) is 0 Å². The molecule has 1 amide bonds. The predicted molar refractivity (Wildman–Crippen MR) is 133 cm³/mol. The van der Waals surface area contributed by atoms with Gasteiger partial charge in [0.15, 0.2) is 11.4 Å². The van der Waals surface area contributed by atoms with Crippen LogP contribution < -0.4 is 0 Å². The minimum Gasteiger partial charge on any atom is -0.508 e. The van der Waals surface area contributed by atoms with E-state index < -0.39 is 0 Å². The molecule has 6 rings (SSSR count). The number of amides is 1. The number of hydrogen-bond donors (Lipinski definition) is 1. The molecule has 186 valence electrons. The highest BCUT2D eigenvalue weighted by Crippen LogP contribution is 2.29. The number of fused-ring (bicyclic) bond motifs is 1. The topological polar surface area (TPSA) is 126 Å². The number of aromatic nitrogens is 6. The number of phenolic OH excluding ortho intramolecular Hbond substituents is 1. The summed E-state index contributed by atoms with van der Waals surface area (Å²) in [7, 11) is 1.75. The van der Waals surface area contributed by atoms with Gasteiger partial charge in [0.25, 0.3) is 5.91 Å². The lowest BCUT2D eigenvalue weighted by atomic mass is 10.0. The van der Waals surface area contributed by atoms with Gasteiger partial charge < -0.3 is 14.4 Å². The molecule has 5 aromatic rings. The molecule has 1 fully saturated rings. The van der Waals surface area contributed by atoms with Gasteiger partial charge in [0.05, 0.1) is 13.1 Å². The Morgan fingerprint density at radius 2 is 1.84 bits per heavy atom. The van der Waals surface area contributed by atoms with E-state index in [0.29, 0.717) is 60.3 Å². The van der Waals surface area contributed by atoms with Gasteiger partial charge in [-0.05, 0) is 35.0 Å². The van der Waals surface area contributed by atoms with Crippen molar-refractivity contribution in [1.82, 2.24) is 40.0 Å². The highest BCUT2D eigenvalue weighted by atomic mass is 16.3. The maximum Gasteiger partial charge on any atom is 0.272 e. The number of phenols is 1. The molecule has 37 heavy (non-hydrogen) atoms. The van der Waals surface area contributed by atoms with Gasteiger partial charge in [-0.25, -0.2) is 4.98 Å². The number of aryl methyl sites for hydroxylation is 1. The number of carbonyl (C=O) groups excluding carboxylic acids is 1. The van der Waals surface area contributed by atoms with Gasteiger partial charge in [-0.1, -0.05) is 30.3 Å². The molecule has 1 aliphatic heterocycles. The Morgan fingerprint density at radius 1 is 1.03 bits per heavy atom. The van der Waals surface area contributed by atoms with Crippen molar-refractivity contribution in [1.29, 1.82) is 0 Å². The summed E-state index contributed by atoms with van der Waals surface area (Å²) in [6.45, 7) is 2.38. The van der Waals surface area contributed by atoms with Crippen molar-refractivity contribution in [3.8, 4) is 17.2 Å². The molecular formula is C26H24N8O3. The molecule has 0 saturated carbocycles. The normalized spacial score (nSPS) is 15.2. The van der Waals surface area contributed by atoms with Gasteiger partial charge in [-0.15, -0.1) is 10.2 Å². The summed E-state index contributed by atoms with van der Waals surface area (Å²) in [5.74, 6) is 0.962. The largest absolute Gasteiger partial charge is 0.508 e. The fraction of sp³-hybridized carbons (Fsp3) is 0.231. The molecule has 0 spiro atoms. The van der Waals surface area contributed by atoms with Crippen molar-refractivity contribution >= 4 is 17.0 Å². The first kappa shape index (κ1) is 22.8. The molecule has 1 N–H and O–H groups in total. The predicted octanol–water partition coefficient (Wildman–Crippen LogP) is 2.67. The smallest absolute Gasteiger partial charge is 0.272 e. The summed E-state index contributed by atoms with van der Waals surface area (Å²) in [4.78, 5) is 27.6. The van der Waals surface area contributed by atoms with Gasteiger partial charge in [0.2, 0.25) is 5.89 Å². The molecule has 2 aromatic carbocycles. The van der Waals surface area contributed by atoms with Crippen molar-refractivity contribution in [2.45, 2.75) is 6.04 Å². The summed E-state index contributed by atoms with van der Waals surface area (Å²) >= 11 is 0. The average molecular weight is 497 g/mol. The lowest BCUT2D eigenvalue weighted by molar-refractivity contribution is 0.0586. The van der Waals surface area contributed by atoms with Gasteiger partial charge in [0.1, 0.15) is 17.0 Å². The van der Waals surface area contributed by atoms with E-state index in [1.165, 1.54) is 10.9 Å². The zero-order valence-corrected chi connectivity index (χ0v) is 20.1. The second-order valence-corrected chi connectivity index (χ2v) is 8.88. The van der Waals surface area contributed by atoms with Crippen LogP contribution in [0.5, 0.6) is 5.75 Å². The third kappa shape index (κ3) is 4.52. The number of tetrazole rings is 1. The molecule has 11 nitrogen and oxygen atoms in total. The van der Waals surface area contributed by atoms with Gasteiger partial charge in [0, 0.05) is 44.0 Å². The molecule has 1 unspecified atom stereocenters. The Kier molecular flexibility index (Phi) is 5.81. The molecule has 11 heteroatoms. The van der Waals surface area contributed by atoms with E-state index in [2.05, 4.69) is 42.4 Å². The van der Waals surface area contributed by atoms with E-state index >= 15 is 0 Å². The zero-order valence-electron chi connectivity index (χ0n) is 20.1. The zero-order chi connectivity index (χ0) is 25.4. The molecule has 0 bridgehead atoms. The van der Waals surface area contributed by atoms with E-state index in [-0.39, 0.29) is 17.7 Å². The third-order valence-electron chi connectivity index (χ3n) is 6.45. The number of pyridine rings is 1. The SMILES string of the molecule is Cn1nnc(C(c2ccccc2)N2CCN(C(=O)c3cc(-c4nc5cc(O)ccc5o4)ccn3)CC2)n1. The first-order valence-electron chi connectivity index (χ1n) is 11.9. The summed E-state index contributed by atoms with van der Waals surface area (Å²) in [5.41, 5.74) is 3.15. The number of benzene rings is 2. The van der Waals surface area contributed by atoms with Gasteiger partial charge in [-0.2, -0.15) is 4.80 Å². The summed E-state index contributed by atoms with van der Waals surface area (Å²) in [5, 5.41) is 22.4. The number of rotatable bonds is 5. The lowest BCUT2D eigenvalue weighted by Gasteiger charge is -2.38. The molecular weight excluding hydrogens is 472 g/mol. The van der Waals surface area contributed by atoms with Crippen LogP contribution in [0.3, 0.4) is 0 Å². The van der Waals surface area contributed by atoms with E-state index in [0.717, 1.165) is 5.56 Å². The van der Waals surface area contributed by atoms with Crippen LogP contribution in [0.25, 0.3) is 22.6 Å². The van der Waals surface area contributed by atoms with Crippen molar-refractivity contribution in [2.75, 3.05) is 26.2 Å². The maximum absolute atomic E-state index is 13.3. The van der Waals surface area contributed by atoms with E-state index in [1.807, 2.05) is 18.2 Å². The molecule has 1 atom stereocenters. The summed E-state index contributed by atoms with van der Waals surface area (Å²) in [6.07, 6.45) is 1.58. The lowest BCUT2D eigenvalue weighted by Crippen LogP contribution is -2.50. The van der Waals surface area contributed by atoms with Crippen molar-refractivity contribution in [2.24, 2.45) is 7.05 Å². The first-order valence-corrected chi connectivity index (χ1v) is 11.9. The Bertz CT molecular complexity index is 1560. The van der Waals surface area contributed by atoms with Crippen LogP contribution in [-0.4, -0.2) is 77.2 Å². The fourth-order valence-electron chi connectivity index (χ4n) is 4.63. The summed E-state index contributed by atoms with van der Waals surface area (Å²) in [6, 6.07) is 18.1.